The fraction of sp³-hybridized carbons (Fsp3) is 0.444. The van der Waals surface area contributed by atoms with Crippen molar-refractivity contribution in [3.63, 3.8) is 0 Å². The average Bonchev–Trinajstić information content (AvgIpc) is 2.45. The van der Waals surface area contributed by atoms with E-state index in [0.29, 0.717) is 11.3 Å². The summed E-state index contributed by atoms with van der Waals surface area (Å²) in [5.41, 5.74) is 10.2. The summed E-state index contributed by atoms with van der Waals surface area (Å²) in [6.07, 6.45) is 5.28. The lowest BCUT2D eigenvalue weighted by Gasteiger charge is -2.18. The van der Waals surface area contributed by atoms with Crippen molar-refractivity contribution in [2.75, 3.05) is 7.11 Å². The van der Waals surface area contributed by atoms with Gasteiger partial charge in [-0.25, -0.2) is 0 Å². The summed E-state index contributed by atoms with van der Waals surface area (Å²) in [4.78, 5) is 11.6. The quantitative estimate of drug-likeness (QED) is 0.598. The standard InChI is InChI=1S/C18H27NO2Si/c1-6-7-8-16(22(3,4)5)11-9-14-13-15(21-2)10-12-17(14)18(19)20/h9-10,12-13H,6-8H2,1-5H3,(H2,19,20). The maximum atomic E-state index is 11.6. The van der Waals surface area contributed by atoms with Crippen LogP contribution in [0.4, 0.5) is 0 Å². The van der Waals surface area contributed by atoms with Crippen LogP contribution in [-0.4, -0.2) is 21.1 Å². The van der Waals surface area contributed by atoms with Crippen LogP contribution < -0.4 is 10.5 Å². The second-order valence-corrected chi connectivity index (χ2v) is 11.5. The third kappa shape index (κ3) is 5.21. The van der Waals surface area contributed by atoms with Gasteiger partial charge >= 0.3 is 0 Å². The van der Waals surface area contributed by atoms with E-state index in [-0.39, 0.29) is 0 Å². The molecule has 1 amide bonds. The summed E-state index contributed by atoms with van der Waals surface area (Å²) in [5.74, 6) is 0.278. The first kappa shape index (κ1) is 18.3. The molecule has 0 radical (unpaired) electrons. The smallest absolute Gasteiger partial charge is 0.249 e. The van der Waals surface area contributed by atoms with Crippen molar-refractivity contribution in [3.05, 3.63) is 40.3 Å². The first-order valence-electron chi connectivity index (χ1n) is 7.73. The Labute approximate surface area is 134 Å². The number of ether oxygens (including phenoxy) is 1. The first-order chi connectivity index (χ1) is 10.3. The molecule has 120 valence electrons. The van der Waals surface area contributed by atoms with Crippen molar-refractivity contribution in [2.45, 2.75) is 45.8 Å². The van der Waals surface area contributed by atoms with Gasteiger partial charge in [-0.1, -0.05) is 33.0 Å². The molecular formula is C18H27NO2Si. The lowest BCUT2D eigenvalue weighted by molar-refractivity contribution is 0.1000. The second-order valence-electron chi connectivity index (χ2n) is 6.44. The number of nitrogens with two attached hydrogens (primary N) is 1. The molecule has 0 aliphatic rings. The van der Waals surface area contributed by atoms with Crippen LogP contribution >= 0.6 is 0 Å². The van der Waals surface area contributed by atoms with Gasteiger partial charge in [0.25, 0.3) is 0 Å². The first-order valence-corrected chi connectivity index (χ1v) is 11.2. The van der Waals surface area contributed by atoms with Crippen LogP contribution in [0.1, 0.15) is 42.1 Å². The minimum Gasteiger partial charge on any atom is -0.497 e. The number of hydrogen-bond acceptors (Lipinski definition) is 2. The van der Waals surface area contributed by atoms with Crippen molar-refractivity contribution in [1.82, 2.24) is 0 Å². The highest BCUT2D eigenvalue weighted by Crippen LogP contribution is 2.22. The molecule has 4 heteroatoms. The van der Waals surface area contributed by atoms with E-state index in [4.69, 9.17) is 10.5 Å². The molecule has 0 heterocycles. The lowest BCUT2D eigenvalue weighted by atomic mass is 10.1. The van der Waals surface area contributed by atoms with E-state index in [2.05, 4.69) is 32.3 Å². The Morgan fingerprint density at radius 3 is 2.55 bits per heavy atom. The van der Waals surface area contributed by atoms with Gasteiger partial charge in [-0.2, -0.15) is 0 Å². The van der Waals surface area contributed by atoms with Crippen LogP contribution in [0.15, 0.2) is 29.1 Å². The monoisotopic (exact) mass is 317 g/mol. The van der Waals surface area contributed by atoms with Gasteiger partial charge in [-0.3, -0.25) is 4.79 Å². The number of methoxy groups -OCH3 is 1. The number of allylic oxidation sites excluding steroid dienone is 1. The van der Waals surface area contributed by atoms with Gasteiger partial charge in [-0.15, -0.1) is 5.73 Å². The van der Waals surface area contributed by atoms with Crippen LogP contribution in [-0.2, 0) is 0 Å². The van der Waals surface area contributed by atoms with E-state index in [0.717, 1.165) is 12.0 Å². The van der Waals surface area contributed by atoms with Gasteiger partial charge in [0.1, 0.15) is 5.75 Å². The van der Waals surface area contributed by atoms with Crippen molar-refractivity contribution in [2.24, 2.45) is 5.73 Å². The molecule has 0 saturated carbocycles. The molecule has 0 aromatic heterocycles. The zero-order valence-corrected chi connectivity index (χ0v) is 15.3. The highest BCUT2D eigenvalue weighted by molar-refractivity contribution is 6.83. The van der Waals surface area contributed by atoms with Gasteiger partial charge in [0.2, 0.25) is 5.91 Å². The molecule has 0 bridgehead atoms. The fourth-order valence-electron chi connectivity index (χ4n) is 2.19. The molecule has 2 N–H and O–H groups in total. The van der Waals surface area contributed by atoms with E-state index in [1.165, 1.54) is 18.0 Å². The Morgan fingerprint density at radius 2 is 2.05 bits per heavy atom. The van der Waals surface area contributed by atoms with E-state index in [9.17, 15) is 4.79 Å². The van der Waals surface area contributed by atoms with E-state index in [1.807, 2.05) is 12.1 Å². The van der Waals surface area contributed by atoms with Crippen LogP contribution in [0.2, 0.25) is 19.6 Å². The van der Waals surface area contributed by atoms with Crippen molar-refractivity contribution >= 4 is 20.1 Å². The molecule has 0 unspecified atom stereocenters. The summed E-state index contributed by atoms with van der Waals surface area (Å²) in [6, 6.07) is 5.28. The lowest BCUT2D eigenvalue weighted by Crippen LogP contribution is -2.23. The highest BCUT2D eigenvalue weighted by atomic mass is 28.3. The number of hydrogen-bond donors (Lipinski definition) is 1. The van der Waals surface area contributed by atoms with E-state index in [1.54, 1.807) is 19.2 Å². The van der Waals surface area contributed by atoms with E-state index >= 15 is 0 Å². The van der Waals surface area contributed by atoms with Gasteiger partial charge < -0.3 is 10.5 Å². The largest absolute Gasteiger partial charge is 0.497 e. The van der Waals surface area contributed by atoms with Crippen molar-refractivity contribution in [1.29, 1.82) is 0 Å². The summed E-state index contributed by atoms with van der Waals surface area (Å²) >= 11 is 0. The molecule has 0 aliphatic carbocycles. The predicted octanol–water partition coefficient (Wildman–Crippen LogP) is 4.40. The van der Waals surface area contributed by atoms with Gasteiger partial charge in [0, 0.05) is 5.56 Å². The summed E-state index contributed by atoms with van der Waals surface area (Å²) in [5, 5.41) is 1.38. The molecule has 22 heavy (non-hydrogen) atoms. The third-order valence-corrected chi connectivity index (χ3v) is 5.82. The normalized spacial score (nSPS) is 10.8. The summed E-state index contributed by atoms with van der Waals surface area (Å²) < 4.78 is 5.23. The molecule has 1 aromatic rings. The minimum atomic E-state index is -1.42. The second kappa shape index (κ2) is 8.02. The molecule has 0 atom stereocenters. The molecule has 0 aliphatic heterocycles. The average molecular weight is 318 g/mol. The third-order valence-electron chi connectivity index (χ3n) is 3.61. The van der Waals surface area contributed by atoms with E-state index < -0.39 is 14.0 Å². The number of amides is 1. The molecule has 1 aromatic carbocycles. The Kier molecular flexibility index (Phi) is 6.66. The molecular weight excluding hydrogens is 290 g/mol. The Morgan fingerprint density at radius 1 is 1.36 bits per heavy atom. The number of unbranched alkanes of at least 4 members (excludes halogenated alkanes) is 1. The Balaban J connectivity index is 3.33. The fourth-order valence-corrected chi connectivity index (χ4v) is 3.63. The zero-order valence-electron chi connectivity index (χ0n) is 14.3. The number of rotatable bonds is 7. The molecule has 0 saturated heterocycles. The van der Waals surface area contributed by atoms with Crippen LogP contribution in [0, 0.1) is 0 Å². The van der Waals surface area contributed by atoms with Crippen LogP contribution in [0.3, 0.4) is 0 Å². The summed E-state index contributed by atoms with van der Waals surface area (Å²) in [6.45, 7) is 9.15. The van der Waals surface area contributed by atoms with Crippen LogP contribution in [0.25, 0.3) is 6.08 Å². The minimum absolute atomic E-state index is 0.432. The molecule has 1 rings (SSSR count). The number of primary amides is 1. The predicted molar refractivity (Wildman–Crippen MR) is 95.9 cm³/mol. The molecule has 0 fully saturated rings. The zero-order chi connectivity index (χ0) is 16.8. The topological polar surface area (TPSA) is 52.3 Å². The van der Waals surface area contributed by atoms with Gasteiger partial charge in [-0.05, 0) is 47.9 Å². The number of carbonyl (C=O) groups excluding carboxylic acids is 1. The van der Waals surface area contributed by atoms with Gasteiger partial charge in [0.15, 0.2) is 0 Å². The molecule has 3 nitrogen and oxygen atoms in total. The molecule has 0 spiro atoms. The van der Waals surface area contributed by atoms with Crippen molar-refractivity contribution in [3.8, 4) is 5.75 Å². The summed E-state index contributed by atoms with van der Waals surface area (Å²) in [7, 11) is 0.191. The maximum absolute atomic E-state index is 11.6. The Hall–Kier alpha value is -1.77. The van der Waals surface area contributed by atoms with Crippen LogP contribution in [0.5, 0.6) is 5.75 Å². The highest BCUT2D eigenvalue weighted by Gasteiger charge is 2.18. The van der Waals surface area contributed by atoms with Crippen molar-refractivity contribution < 1.29 is 9.53 Å². The SMILES string of the molecule is CCCCC(=C=Cc1cc(OC)ccc1C(N)=O)[Si](C)(C)C. The van der Waals surface area contributed by atoms with Gasteiger partial charge in [0.05, 0.1) is 15.2 Å². The number of benzene rings is 1. The number of carbonyl (C=O) groups is 1. The maximum Gasteiger partial charge on any atom is 0.249 e. The Bertz CT molecular complexity index is 594.